The predicted molar refractivity (Wildman–Crippen MR) is 56.8 cm³/mol. The van der Waals surface area contributed by atoms with Crippen LogP contribution in [0.2, 0.25) is 0 Å². The van der Waals surface area contributed by atoms with Crippen molar-refractivity contribution in [2.75, 3.05) is 21.3 Å². The lowest BCUT2D eigenvalue weighted by atomic mass is 10.1. The second-order valence-electron chi connectivity index (χ2n) is 3.09. The van der Waals surface area contributed by atoms with Gasteiger partial charge in [-0.25, -0.2) is 0 Å². The first-order valence-corrected chi connectivity index (χ1v) is 4.58. The van der Waals surface area contributed by atoms with Gasteiger partial charge in [-0.3, -0.25) is 0 Å². The average Bonchev–Trinajstić information content (AvgIpc) is 2.27. The summed E-state index contributed by atoms with van der Waals surface area (Å²) >= 11 is 0. The molecule has 0 radical (unpaired) electrons. The van der Waals surface area contributed by atoms with E-state index in [1.165, 1.54) is 0 Å². The molecule has 84 valence electrons. The topological polar surface area (TPSA) is 47.9 Å². The average molecular weight is 212 g/mol. The van der Waals surface area contributed by atoms with Gasteiger partial charge in [0.1, 0.15) is 5.75 Å². The van der Waals surface area contributed by atoms with Crippen molar-refractivity contribution in [2.45, 2.75) is 13.5 Å². The fraction of sp³-hybridized carbons (Fsp3) is 0.455. The van der Waals surface area contributed by atoms with E-state index in [1.807, 2.05) is 6.92 Å². The molecule has 0 aliphatic carbocycles. The van der Waals surface area contributed by atoms with E-state index >= 15 is 0 Å². The minimum Gasteiger partial charge on any atom is -0.496 e. The molecule has 15 heavy (non-hydrogen) atoms. The van der Waals surface area contributed by atoms with Crippen LogP contribution in [0.25, 0.3) is 0 Å². The van der Waals surface area contributed by atoms with Crippen molar-refractivity contribution in [3.05, 3.63) is 17.2 Å². The van der Waals surface area contributed by atoms with Crippen LogP contribution in [0, 0.1) is 6.92 Å². The number of hydrogen-bond donors (Lipinski definition) is 1. The summed E-state index contributed by atoms with van der Waals surface area (Å²) in [4.78, 5) is 0. The minimum absolute atomic E-state index is 0.0929. The number of aliphatic hydroxyl groups excluding tert-OH is 1. The molecule has 0 heterocycles. The molecule has 1 aromatic carbocycles. The Labute approximate surface area is 89.4 Å². The summed E-state index contributed by atoms with van der Waals surface area (Å²) in [7, 11) is 4.70. The number of benzene rings is 1. The van der Waals surface area contributed by atoms with Gasteiger partial charge in [0.15, 0.2) is 11.5 Å². The zero-order chi connectivity index (χ0) is 11.4. The molecular formula is C11H16O4. The van der Waals surface area contributed by atoms with Gasteiger partial charge in [-0.1, -0.05) is 0 Å². The Morgan fingerprint density at radius 3 is 2.07 bits per heavy atom. The van der Waals surface area contributed by atoms with E-state index in [4.69, 9.17) is 14.2 Å². The second-order valence-corrected chi connectivity index (χ2v) is 3.09. The van der Waals surface area contributed by atoms with Crippen LogP contribution in [0.3, 0.4) is 0 Å². The summed E-state index contributed by atoms with van der Waals surface area (Å²) in [6.07, 6.45) is 0. The van der Waals surface area contributed by atoms with Crippen LogP contribution in [-0.4, -0.2) is 26.4 Å². The van der Waals surface area contributed by atoms with Crippen LogP contribution < -0.4 is 14.2 Å². The molecule has 4 nitrogen and oxygen atoms in total. The van der Waals surface area contributed by atoms with Crippen molar-refractivity contribution in [3.63, 3.8) is 0 Å². The third-order valence-corrected chi connectivity index (χ3v) is 2.30. The molecule has 0 aromatic heterocycles. The zero-order valence-corrected chi connectivity index (χ0v) is 9.46. The summed E-state index contributed by atoms with van der Waals surface area (Å²) in [5, 5.41) is 9.18. The van der Waals surface area contributed by atoms with Crippen molar-refractivity contribution in [3.8, 4) is 17.2 Å². The highest BCUT2D eigenvalue weighted by atomic mass is 16.5. The summed E-state index contributed by atoms with van der Waals surface area (Å²) in [6, 6.07) is 1.71. The van der Waals surface area contributed by atoms with Gasteiger partial charge in [-0.05, 0) is 13.0 Å². The van der Waals surface area contributed by atoms with Gasteiger partial charge in [0.05, 0.1) is 27.9 Å². The number of hydrogen-bond acceptors (Lipinski definition) is 4. The Kier molecular flexibility index (Phi) is 3.80. The van der Waals surface area contributed by atoms with Gasteiger partial charge in [0.25, 0.3) is 0 Å². The Morgan fingerprint density at radius 1 is 1.07 bits per heavy atom. The van der Waals surface area contributed by atoms with Crippen molar-refractivity contribution >= 4 is 0 Å². The monoisotopic (exact) mass is 212 g/mol. The maximum absolute atomic E-state index is 9.18. The summed E-state index contributed by atoms with van der Waals surface area (Å²) in [6.45, 7) is 1.77. The smallest absolute Gasteiger partial charge is 0.167 e. The molecule has 1 N–H and O–H groups in total. The molecule has 4 heteroatoms. The number of aliphatic hydroxyl groups is 1. The Balaban J connectivity index is 3.41. The first-order valence-electron chi connectivity index (χ1n) is 4.58. The zero-order valence-electron chi connectivity index (χ0n) is 9.46. The van der Waals surface area contributed by atoms with Crippen molar-refractivity contribution in [2.24, 2.45) is 0 Å². The minimum atomic E-state index is -0.0929. The van der Waals surface area contributed by atoms with E-state index in [0.29, 0.717) is 22.8 Å². The van der Waals surface area contributed by atoms with E-state index in [2.05, 4.69) is 0 Å². The molecule has 0 aliphatic rings. The van der Waals surface area contributed by atoms with E-state index in [9.17, 15) is 5.11 Å². The lowest BCUT2D eigenvalue weighted by Crippen LogP contribution is -2.00. The van der Waals surface area contributed by atoms with Crippen LogP contribution in [0.4, 0.5) is 0 Å². The summed E-state index contributed by atoms with van der Waals surface area (Å²) < 4.78 is 15.6. The van der Waals surface area contributed by atoms with Crippen molar-refractivity contribution < 1.29 is 19.3 Å². The first kappa shape index (κ1) is 11.7. The SMILES string of the molecule is COc1cc(CO)c(OC)c(C)c1OC. The van der Waals surface area contributed by atoms with Gasteiger partial charge in [-0.15, -0.1) is 0 Å². The van der Waals surface area contributed by atoms with E-state index in [1.54, 1.807) is 27.4 Å². The largest absolute Gasteiger partial charge is 0.496 e. The highest BCUT2D eigenvalue weighted by molar-refractivity contribution is 5.57. The predicted octanol–water partition coefficient (Wildman–Crippen LogP) is 1.51. The number of ether oxygens (including phenoxy) is 3. The molecule has 0 aliphatic heterocycles. The molecule has 0 unspecified atom stereocenters. The fourth-order valence-electron chi connectivity index (χ4n) is 1.63. The highest BCUT2D eigenvalue weighted by Crippen LogP contribution is 2.39. The van der Waals surface area contributed by atoms with Gasteiger partial charge in [-0.2, -0.15) is 0 Å². The molecular weight excluding hydrogens is 196 g/mol. The lowest BCUT2D eigenvalue weighted by molar-refractivity contribution is 0.270. The van der Waals surface area contributed by atoms with Crippen LogP contribution in [-0.2, 0) is 6.61 Å². The van der Waals surface area contributed by atoms with E-state index < -0.39 is 0 Å². The standard InChI is InChI=1S/C11H16O4/c1-7-10(14-3)8(6-12)5-9(13-2)11(7)15-4/h5,12H,6H2,1-4H3. The van der Waals surface area contributed by atoms with Crippen molar-refractivity contribution in [1.82, 2.24) is 0 Å². The molecule has 0 amide bonds. The molecule has 0 saturated heterocycles. The molecule has 0 spiro atoms. The summed E-state index contributed by atoms with van der Waals surface area (Å²) in [5.41, 5.74) is 1.51. The maximum Gasteiger partial charge on any atom is 0.167 e. The molecule has 0 saturated carbocycles. The molecule has 0 bridgehead atoms. The van der Waals surface area contributed by atoms with Gasteiger partial charge in [0, 0.05) is 11.1 Å². The third kappa shape index (κ3) is 1.99. The fourth-order valence-corrected chi connectivity index (χ4v) is 1.63. The number of methoxy groups -OCH3 is 3. The summed E-state index contributed by atoms with van der Waals surface area (Å²) in [5.74, 6) is 1.86. The molecule has 1 rings (SSSR count). The van der Waals surface area contributed by atoms with Gasteiger partial charge < -0.3 is 19.3 Å². The molecule has 0 fully saturated rings. The lowest BCUT2D eigenvalue weighted by Gasteiger charge is -2.16. The van der Waals surface area contributed by atoms with Crippen LogP contribution in [0.1, 0.15) is 11.1 Å². The van der Waals surface area contributed by atoms with Crippen LogP contribution in [0.5, 0.6) is 17.2 Å². The van der Waals surface area contributed by atoms with Crippen LogP contribution >= 0.6 is 0 Å². The number of rotatable bonds is 4. The third-order valence-electron chi connectivity index (χ3n) is 2.30. The van der Waals surface area contributed by atoms with Crippen molar-refractivity contribution in [1.29, 1.82) is 0 Å². The Morgan fingerprint density at radius 2 is 1.67 bits per heavy atom. The molecule has 1 aromatic rings. The van der Waals surface area contributed by atoms with Crippen LogP contribution in [0.15, 0.2) is 6.07 Å². The quantitative estimate of drug-likeness (QED) is 0.822. The first-order chi connectivity index (χ1) is 7.19. The van der Waals surface area contributed by atoms with E-state index in [-0.39, 0.29) is 6.61 Å². The van der Waals surface area contributed by atoms with Gasteiger partial charge >= 0.3 is 0 Å². The Bertz CT molecular complexity index is 317. The second kappa shape index (κ2) is 4.89. The van der Waals surface area contributed by atoms with E-state index in [0.717, 1.165) is 5.56 Å². The molecule has 0 atom stereocenters. The Hall–Kier alpha value is -1.42. The highest BCUT2D eigenvalue weighted by Gasteiger charge is 2.16. The van der Waals surface area contributed by atoms with Gasteiger partial charge in [0.2, 0.25) is 0 Å². The normalized spacial score (nSPS) is 9.93. The maximum atomic E-state index is 9.18.